The number of hydrogen-bond acceptors (Lipinski definition) is 2. The van der Waals surface area contributed by atoms with Crippen molar-refractivity contribution in [2.75, 3.05) is 6.61 Å². The largest absolute Gasteiger partial charge is 0.492 e. The van der Waals surface area contributed by atoms with Crippen LogP contribution in [0.2, 0.25) is 5.02 Å². The molecule has 1 heterocycles. The molecule has 14 heavy (non-hydrogen) atoms. The summed E-state index contributed by atoms with van der Waals surface area (Å²) in [6.45, 7) is -0.0398. The van der Waals surface area contributed by atoms with E-state index in [1.807, 2.05) is 0 Å². The van der Waals surface area contributed by atoms with Crippen LogP contribution in [0.25, 0.3) is 0 Å². The molecule has 1 aromatic rings. The molecule has 5 heteroatoms. The summed E-state index contributed by atoms with van der Waals surface area (Å²) in [4.78, 5) is 10.7. The highest BCUT2D eigenvalue weighted by atomic mass is 35.5. The van der Waals surface area contributed by atoms with Gasteiger partial charge in [0, 0.05) is 5.56 Å². The third-order valence-electron chi connectivity index (χ3n) is 2.14. The van der Waals surface area contributed by atoms with Crippen molar-refractivity contribution in [2.24, 2.45) is 0 Å². The summed E-state index contributed by atoms with van der Waals surface area (Å²) in [5.74, 6) is -2.50. The standard InChI is InChI=1S/C9H6ClFO3/c10-5-1-2-6-7(8(5)11)4(3-14-6)9(12)13/h1-2,4H,3H2,(H,12,13). The van der Waals surface area contributed by atoms with Gasteiger partial charge in [0.2, 0.25) is 0 Å². The summed E-state index contributed by atoms with van der Waals surface area (Å²) in [7, 11) is 0. The molecule has 0 saturated heterocycles. The molecule has 1 atom stereocenters. The number of ether oxygens (including phenoxy) is 1. The van der Waals surface area contributed by atoms with E-state index in [1.165, 1.54) is 12.1 Å². The first kappa shape index (κ1) is 9.27. The Hall–Kier alpha value is -1.29. The van der Waals surface area contributed by atoms with E-state index < -0.39 is 17.7 Å². The van der Waals surface area contributed by atoms with Crippen LogP contribution in [0.3, 0.4) is 0 Å². The van der Waals surface area contributed by atoms with Gasteiger partial charge >= 0.3 is 5.97 Å². The Bertz CT molecular complexity index is 405. The fraction of sp³-hybridized carbons (Fsp3) is 0.222. The number of carbonyl (C=O) groups is 1. The number of aliphatic carboxylic acids is 1. The summed E-state index contributed by atoms with van der Waals surface area (Å²) in [6.07, 6.45) is 0. The van der Waals surface area contributed by atoms with E-state index >= 15 is 0 Å². The maximum absolute atomic E-state index is 13.4. The molecule has 0 aliphatic carbocycles. The minimum Gasteiger partial charge on any atom is -0.492 e. The average Bonchev–Trinajstić information content (AvgIpc) is 2.55. The Morgan fingerprint density at radius 2 is 2.36 bits per heavy atom. The zero-order valence-corrected chi connectivity index (χ0v) is 7.71. The number of carboxylic acids is 1. The zero-order valence-electron chi connectivity index (χ0n) is 6.96. The van der Waals surface area contributed by atoms with Crippen molar-refractivity contribution < 1.29 is 19.0 Å². The third-order valence-corrected chi connectivity index (χ3v) is 2.44. The smallest absolute Gasteiger partial charge is 0.314 e. The summed E-state index contributed by atoms with van der Waals surface area (Å²) in [5, 5.41) is 8.70. The minimum absolute atomic E-state index is 0.0398. The molecule has 1 N–H and O–H groups in total. The summed E-state index contributed by atoms with van der Waals surface area (Å²) >= 11 is 5.54. The number of fused-ring (bicyclic) bond motifs is 1. The van der Waals surface area contributed by atoms with Gasteiger partial charge < -0.3 is 9.84 Å². The summed E-state index contributed by atoms with van der Waals surface area (Å²) < 4.78 is 18.5. The van der Waals surface area contributed by atoms with Crippen LogP contribution in [-0.2, 0) is 4.79 Å². The lowest BCUT2D eigenvalue weighted by Gasteiger charge is -2.04. The van der Waals surface area contributed by atoms with Gasteiger partial charge in [0.15, 0.2) is 0 Å². The molecule has 2 rings (SSSR count). The molecule has 0 spiro atoms. The van der Waals surface area contributed by atoms with Crippen LogP contribution in [0, 0.1) is 5.82 Å². The van der Waals surface area contributed by atoms with Crippen molar-refractivity contribution >= 4 is 17.6 Å². The van der Waals surface area contributed by atoms with Crippen LogP contribution in [0.15, 0.2) is 12.1 Å². The Morgan fingerprint density at radius 3 is 3.00 bits per heavy atom. The fourth-order valence-corrected chi connectivity index (χ4v) is 1.62. The first-order valence-electron chi connectivity index (χ1n) is 3.94. The van der Waals surface area contributed by atoms with Crippen molar-refractivity contribution in [3.05, 3.63) is 28.5 Å². The maximum atomic E-state index is 13.4. The lowest BCUT2D eigenvalue weighted by atomic mass is 10.0. The van der Waals surface area contributed by atoms with Crippen LogP contribution >= 0.6 is 11.6 Å². The van der Waals surface area contributed by atoms with Crippen molar-refractivity contribution in [1.82, 2.24) is 0 Å². The molecule has 3 nitrogen and oxygen atoms in total. The van der Waals surface area contributed by atoms with Gasteiger partial charge in [-0.15, -0.1) is 0 Å². The Labute approximate surface area is 84.1 Å². The predicted octanol–water partition coefficient (Wildman–Crippen LogP) is 2.04. The molecule has 1 aliphatic rings. The van der Waals surface area contributed by atoms with Gasteiger partial charge in [-0.3, -0.25) is 4.79 Å². The van der Waals surface area contributed by atoms with Crippen molar-refractivity contribution in [3.8, 4) is 5.75 Å². The van der Waals surface area contributed by atoms with Gasteiger partial charge in [-0.05, 0) is 12.1 Å². The van der Waals surface area contributed by atoms with E-state index in [4.69, 9.17) is 21.4 Å². The second-order valence-corrected chi connectivity index (χ2v) is 3.38. The van der Waals surface area contributed by atoms with Crippen molar-refractivity contribution in [3.63, 3.8) is 0 Å². The van der Waals surface area contributed by atoms with Crippen molar-refractivity contribution in [2.45, 2.75) is 5.92 Å². The van der Waals surface area contributed by atoms with Crippen LogP contribution in [0.1, 0.15) is 11.5 Å². The van der Waals surface area contributed by atoms with E-state index in [-0.39, 0.29) is 22.9 Å². The quantitative estimate of drug-likeness (QED) is 0.782. The molecule has 1 unspecified atom stereocenters. The first-order valence-corrected chi connectivity index (χ1v) is 4.32. The average molecular weight is 217 g/mol. The molecule has 0 bridgehead atoms. The molecule has 0 radical (unpaired) electrons. The normalized spacial score (nSPS) is 18.9. The molecular formula is C9H6ClFO3. The van der Waals surface area contributed by atoms with E-state index in [1.54, 1.807) is 0 Å². The Morgan fingerprint density at radius 1 is 1.64 bits per heavy atom. The molecule has 1 aromatic carbocycles. The number of halogens is 2. The monoisotopic (exact) mass is 216 g/mol. The van der Waals surface area contributed by atoms with Gasteiger partial charge in [0.1, 0.15) is 24.1 Å². The lowest BCUT2D eigenvalue weighted by molar-refractivity contribution is -0.139. The molecule has 0 amide bonds. The third kappa shape index (κ3) is 1.23. The van der Waals surface area contributed by atoms with Crippen LogP contribution in [-0.4, -0.2) is 17.7 Å². The van der Waals surface area contributed by atoms with Crippen LogP contribution in [0.4, 0.5) is 4.39 Å². The van der Waals surface area contributed by atoms with Crippen LogP contribution in [0.5, 0.6) is 5.75 Å². The number of rotatable bonds is 1. The number of benzene rings is 1. The summed E-state index contributed by atoms with van der Waals surface area (Å²) in [6, 6.07) is 2.82. The first-order chi connectivity index (χ1) is 6.61. The predicted molar refractivity (Wildman–Crippen MR) is 47.3 cm³/mol. The van der Waals surface area contributed by atoms with Gasteiger partial charge in [-0.1, -0.05) is 11.6 Å². The molecule has 74 valence electrons. The molecule has 0 fully saturated rings. The van der Waals surface area contributed by atoms with Gasteiger partial charge in [0.05, 0.1) is 5.02 Å². The molecule has 0 aromatic heterocycles. The summed E-state index contributed by atoms with van der Waals surface area (Å²) in [5.41, 5.74) is 0.0463. The van der Waals surface area contributed by atoms with Gasteiger partial charge in [0.25, 0.3) is 0 Å². The lowest BCUT2D eigenvalue weighted by Crippen LogP contribution is -2.13. The molecular weight excluding hydrogens is 211 g/mol. The van der Waals surface area contributed by atoms with E-state index in [0.717, 1.165) is 0 Å². The molecule has 1 aliphatic heterocycles. The molecule has 0 saturated carbocycles. The zero-order chi connectivity index (χ0) is 10.3. The Balaban J connectivity index is 2.57. The minimum atomic E-state index is -1.11. The SMILES string of the molecule is O=C(O)C1COc2ccc(Cl)c(F)c21. The second kappa shape index (κ2) is 3.13. The maximum Gasteiger partial charge on any atom is 0.314 e. The van der Waals surface area contributed by atoms with E-state index in [2.05, 4.69) is 0 Å². The van der Waals surface area contributed by atoms with Gasteiger partial charge in [-0.25, -0.2) is 4.39 Å². The highest BCUT2D eigenvalue weighted by Crippen LogP contribution is 2.38. The van der Waals surface area contributed by atoms with E-state index in [0.29, 0.717) is 0 Å². The van der Waals surface area contributed by atoms with Crippen LogP contribution < -0.4 is 4.74 Å². The highest BCUT2D eigenvalue weighted by molar-refractivity contribution is 6.30. The fourth-order valence-electron chi connectivity index (χ4n) is 1.45. The topological polar surface area (TPSA) is 46.5 Å². The van der Waals surface area contributed by atoms with Crippen molar-refractivity contribution in [1.29, 1.82) is 0 Å². The van der Waals surface area contributed by atoms with E-state index in [9.17, 15) is 9.18 Å². The highest BCUT2D eigenvalue weighted by Gasteiger charge is 2.34. The Kier molecular flexibility index (Phi) is 2.07. The second-order valence-electron chi connectivity index (χ2n) is 2.98. The number of hydrogen-bond donors (Lipinski definition) is 1. The number of carboxylic acid groups (broad SMARTS) is 1. The van der Waals surface area contributed by atoms with Gasteiger partial charge in [-0.2, -0.15) is 0 Å².